The van der Waals surface area contributed by atoms with Crippen molar-refractivity contribution in [3.05, 3.63) is 36.6 Å². The van der Waals surface area contributed by atoms with E-state index >= 15 is 0 Å². The lowest BCUT2D eigenvalue weighted by molar-refractivity contribution is -0.138. The SMILES string of the molecule is C=CC(=O)OCCOc1cc(Br)c(Br)c(Br)c1Br. The van der Waals surface area contributed by atoms with Crippen LogP contribution in [0.1, 0.15) is 0 Å². The summed E-state index contributed by atoms with van der Waals surface area (Å²) < 4.78 is 13.7. The Bertz CT molecular complexity index is 474. The highest BCUT2D eigenvalue weighted by atomic mass is 79.9. The monoisotopic (exact) mass is 504 g/mol. The fraction of sp³-hybridized carbons (Fsp3) is 0.182. The van der Waals surface area contributed by atoms with Crippen LogP contribution in [-0.2, 0) is 9.53 Å². The maximum absolute atomic E-state index is 10.8. The van der Waals surface area contributed by atoms with E-state index in [-0.39, 0.29) is 13.2 Å². The second kappa shape index (κ2) is 7.67. The van der Waals surface area contributed by atoms with E-state index in [9.17, 15) is 4.79 Å². The van der Waals surface area contributed by atoms with Crippen LogP contribution in [0.15, 0.2) is 36.6 Å². The Labute approximate surface area is 138 Å². The molecule has 0 aliphatic rings. The molecule has 0 heterocycles. The van der Waals surface area contributed by atoms with Crippen molar-refractivity contribution >= 4 is 69.7 Å². The van der Waals surface area contributed by atoms with Gasteiger partial charge in [0.25, 0.3) is 0 Å². The summed E-state index contributed by atoms with van der Waals surface area (Å²) in [6.07, 6.45) is 1.11. The highest BCUT2D eigenvalue weighted by Crippen LogP contribution is 2.42. The Morgan fingerprint density at radius 1 is 1.17 bits per heavy atom. The summed E-state index contributed by atoms with van der Waals surface area (Å²) in [7, 11) is 0. The Balaban J connectivity index is 2.63. The van der Waals surface area contributed by atoms with Crippen molar-refractivity contribution in [3.8, 4) is 5.75 Å². The number of benzene rings is 1. The molecular weight excluding hydrogens is 500 g/mol. The summed E-state index contributed by atoms with van der Waals surface area (Å²) in [6.45, 7) is 3.74. The first-order valence-corrected chi connectivity index (χ1v) is 7.89. The van der Waals surface area contributed by atoms with Gasteiger partial charge in [-0.05, 0) is 69.8 Å². The predicted octanol–water partition coefficient (Wildman–Crippen LogP) is 4.84. The van der Waals surface area contributed by atoms with Gasteiger partial charge in [-0.3, -0.25) is 0 Å². The lowest BCUT2D eigenvalue weighted by Crippen LogP contribution is -2.10. The van der Waals surface area contributed by atoms with E-state index in [4.69, 9.17) is 9.47 Å². The van der Waals surface area contributed by atoms with E-state index in [1.54, 1.807) is 0 Å². The topological polar surface area (TPSA) is 35.5 Å². The van der Waals surface area contributed by atoms with Gasteiger partial charge < -0.3 is 9.47 Å². The first kappa shape index (κ1) is 16.2. The zero-order valence-corrected chi connectivity index (χ0v) is 15.4. The fourth-order valence-electron chi connectivity index (χ4n) is 1.01. The van der Waals surface area contributed by atoms with Gasteiger partial charge in [0.2, 0.25) is 0 Å². The van der Waals surface area contributed by atoms with E-state index < -0.39 is 5.97 Å². The fourth-order valence-corrected chi connectivity index (χ4v) is 3.10. The van der Waals surface area contributed by atoms with Gasteiger partial charge in [0.1, 0.15) is 19.0 Å². The maximum Gasteiger partial charge on any atom is 0.330 e. The number of carbonyl (C=O) groups is 1. The van der Waals surface area contributed by atoms with Crippen molar-refractivity contribution < 1.29 is 14.3 Å². The molecule has 0 spiro atoms. The van der Waals surface area contributed by atoms with Gasteiger partial charge in [-0.2, -0.15) is 0 Å². The maximum atomic E-state index is 10.8. The van der Waals surface area contributed by atoms with Gasteiger partial charge in [-0.1, -0.05) is 6.58 Å². The minimum absolute atomic E-state index is 0.169. The highest BCUT2D eigenvalue weighted by molar-refractivity contribution is 9.15. The summed E-state index contributed by atoms with van der Waals surface area (Å²) in [5.74, 6) is 0.183. The van der Waals surface area contributed by atoms with Crippen LogP contribution in [-0.4, -0.2) is 19.2 Å². The average molecular weight is 508 g/mol. The molecule has 0 saturated carbocycles. The highest BCUT2D eigenvalue weighted by Gasteiger charge is 2.12. The van der Waals surface area contributed by atoms with Crippen molar-refractivity contribution in [1.29, 1.82) is 0 Å². The summed E-state index contributed by atoms with van der Waals surface area (Å²) in [5, 5.41) is 0. The van der Waals surface area contributed by atoms with Crippen molar-refractivity contribution in [1.82, 2.24) is 0 Å². The van der Waals surface area contributed by atoms with E-state index in [1.165, 1.54) is 0 Å². The van der Waals surface area contributed by atoms with Gasteiger partial charge >= 0.3 is 5.97 Å². The third-order valence-corrected chi connectivity index (χ3v) is 6.45. The molecule has 1 aromatic carbocycles. The van der Waals surface area contributed by atoms with E-state index in [0.717, 1.165) is 24.0 Å². The van der Waals surface area contributed by atoms with Gasteiger partial charge in [0.15, 0.2) is 0 Å². The van der Waals surface area contributed by atoms with Gasteiger partial charge in [-0.25, -0.2) is 4.79 Å². The molecule has 0 atom stereocenters. The number of carbonyl (C=O) groups excluding carboxylic acids is 1. The number of ether oxygens (including phenoxy) is 2. The lowest BCUT2D eigenvalue weighted by Gasteiger charge is -2.11. The molecule has 0 aromatic heterocycles. The number of esters is 1. The van der Waals surface area contributed by atoms with Gasteiger partial charge in [-0.15, -0.1) is 0 Å². The molecule has 1 aromatic rings. The van der Waals surface area contributed by atoms with Crippen LogP contribution in [0.25, 0.3) is 0 Å². The summed E-state index contributed by atoms with van der Waals surface area (Å²) in [6, 6.07) is 1.81. The van der Waals surface area contributed by atoms with Crippen LogP contribution in [0.5, 0.6) is 5.75 Å². The van der Waals surface area contributed by atoms with Crippen LogP contribution < -0.4 is 4.74 Å². The molecule has 0 N–H and O–H groups in total. The zero-order valence-electron chi connectivity index (χ0n) is 9.01. The summed E-state index contributed by atoms with van der Waals surface area (Å²) in [5.41, 5.74) is 0. The van der Waals surface area contributed by atoms with Crippen LogP contribution >= 0.6 is 63.7 Å². The second-order valence-corrected chi connectivity index (χ2v) is 6.25. The number of halogens is 4. The molecule has 0 bridgehead atoms. The molecule has 0 fully saturated rings. The second-order valence-electron chi connectivity index (χ2n) is 3.02. The first-order chi connectivity index (χ1) is 8.47. The standard InChI is InChI=1S/C11H8Br4O3/c1-2-8(16)18-4-3-17-7-5-6(12)9(13)11(15)10(7)14/h2,5H,1,3-4H2. The van der Waals surface area contributed by atoms with E-state index in [1.807, 2.05) is 6.07 Å². The van der Waals surface area contributed by atoms with Crippen LogP contribution in [0, 0.1) is 0 Å². The van der Waals surface area contributed by atoms with Gasteiger partial charge in [0, 0.05) is 15.0 Å². The lowest BCUT2D eigenvalue weighted by atomic mass is 10.3. The average Bonchev–Trinajstić information content (AvgIpc) is 2.37. The number of hydrogen-bond acceptors (Lipinski definition) is 3. The Hall–Kier alpha value is 0.150. The number of rotatable bonds is 5. The molecule has 1 rings (SSSR count). The number of hydrogen-bond donors (Lipinski definition) is 0. The molecule has 18 heavy (non-hydrogen) atoms. The minimum atomic E-state index is -0.462. The van der Waals surface area contributed by atoms with E-state index in [0.29, 0.717) is 5.75 Å². The summed E-state index contributed by atoms with van der Waals surface area (Å²) >= 11 is 13.6. The molecule has 0 unspecified atom stereocenters. The Kier molecular flexibility index (Phi) is 6.90. The zero-order chi connectivity index (χ0) is 13.7. The first-order valence-electron chi connectivity index (χ1n) is 4.72. The van der Waals surface area contributed by atoms with Crippen molar-refractivity contribution in [3.63, 3.8) is 0 Å². The molecule has 0 aliphatic heterocycles. The summed E-state index contributed by atoms with van der Waals surface area (Å²) in [4.78, 5) is 10.8. The van der Waals surface area contributed by atoms with Crippen molar-refractivity contribution in [2.75, 3.05) is 13.2 Å². The molecule has 0 radical (unpaired) electrons. The van der Waals surface area contributed by atoms with Crippen LogP contribution in [0.2, 0.25) is 0 Å². The molecule has 3 nitrogen and oxygen atoms in total. The van der Waals surface area contributed by atoms with Crippen molar-refractivity contribution in [2.24, 2.45) is 0 Å². The molecule has 7 heteroatoms. The van der Waals surface area contributed by atoms with Crippen LogP contribution in [0.3, 0.4) is 0 Å². The molecule has 0 saturated heterocycles. The van der Waals surface area contributed by atoms with Crippen LogP contribution in [0.4, 0.5) is 0 Å². The third-order valence-electron chi connectivity index (χ3n) is 1.82. The normalized spacial score (nSPS) is 10.0. The molecule has 0 amide bonds. The van der Waals surface area contributed by atoms with Gasteiger partial charge in [0.05, 0.1) is 8.95 Å². The van der Waals surface area contributed by atoms with E-state index in [2.05, 4.69) is 70.3 Å². The largest absolute Gasteiger partial charge is 0.489 e. The predicted molar refractivity (Wildman–Crippen MR) is 83.9 cm³/mol. The molecular formula is C11H8Br4O3. The minimum Gasteiger partial charge on any atom is -0.489 e. The molecule has 0 aliphatic carbocycles. The quantitative estimate of drug-likeness (QED) is 0.188. The Morgan fingerprint density at radius 2 is 1.83 bits per heavy atom. The smallest absolute Gasteiger partial charge is 0.330 e. The molecule has 98 valence electrons. The van der Waals surface area contributed by atoms with Crippen molar-refractivity contribution in [2.45, 2.75) is 0 Å². The Morgan fingerprint density at radius 3 is 2.44 bits per heavy atom. The third kappa shape index (κ3) is 4.36.